The van der Waals surface area contributed by atoms with E-state index in [1.807, 2.05) is 23.6 Å². The smallest absolute Gasteiger partial charge is 0.352 e. The van der Waals surface area contributed by atoms with Gasteiger partial charge in [0.05, 0.1) is 12.5 Å². The number of hydrogen-bond donors (Lipinski definition) is 2. The number of aliphatic carboxylic acids is 1. The van der Waals surface area contributed by atoms with Gasteiger partial charge < -0.3 is 10.4 Å². The van der Waals surface area contributed by atoms with E-state index in [9.17, 15) is 19.5 Å². The van der Waals surface area contributed by atoms with Crippen LogP contribution in [0.5, 0.6) is 0 Å². The van der Waals surface area contributed by atoms with Gasteiger partial charge in [-0.05, 0) is 23.1 Å². The van der Waals surface area contributed by atoms with Gasteiger partial charge >= 0.3 is 5.97 Å². The molecule has 7 nitrogen and oxygen atoms in total. The van der Waals surface area contributed by atoms with Gasteiger partial charge in [0.1, 0.15) is 17.1 Å². The van der Waals surface area contributed by atoms with Crippen LogP contribution >= 0.6 is 23.1 Å². The van der Waals surface area contributed by atoms with Gasteiger partial charge in [-0.1, -0.05) is 6.07 Å². The molecule has 0 aromatic carbocycles. The average Bonchev–Trinajstić information content (AvgIpc) is 3.09. The predicted octanol–water partition coefficient (Wildman–Crippen LogP) is 1.11. The molecule has 2 aliphatic rings. The maximum absolute atomic E-state index is 12.4. The number of thioether (sulfide) groups is 1. The Hall–Kier alpha value is -2.57. The lowest BCUT2D eigenvalue weighted by molar-refractivity contribution is -0.150. The van der Waals surface area contributed by atoms with Crippen molar-refractivity contribution in [3.63, 3.8) is 0 Å². The summed E-state index contributed by atoms with van der Waals surface area (Å²) in [5.74, 6) is -1.58. The second kappa shape index (κ2) is 7.13. The van der Waals surface area contributed by atoms with Crippen LogP contribution in [-0.4, -0.2) is 45.0 Å². The molecule has 0 aliphatic carbocycles. The second-order valence-corrected chi connectivity index (χ2v) is 7.49. The van der Waals surface area contributed by atoms with E-state index < -0.39 is 23.3 Å². The number of allylic oxidation sites excluding steroid dienone is 2. The lowest BCUT2D eigenvalue weighted by Crippen LogP contribution is -2.70. The first-order chi connectivity index (χ1) is 12.0. The zero-order valence-electron chi connectivity index (χ0n) is 12.8. The molecule has 1 saturated heterocycles. The third kappa shape index (κ3) is 3.31. The highest BCUT2D eigenvalue weighted by molar-refractivity contribution is 8.00. The van der Waals surface area contributed by atoms with Gasteiger partial charge in [-0.15, -0.1) is 23.1 Å². The van der Waals surface area contributed by atoms with Crippen molar-refractivity contribution in [2.24, 2.45) is 0 Å². The van der Waals surface area contributed by atoms with E-state index >= 15 is 0 Å². The number of nitriles is 1. The van der Waals surface area contributed by atoms with Crippen molar-refractivity contribution >= 4 is 40.9 Å². The van der Waals surface area contributed by atoms with Gasteiger partial charge in [0.15, 0.2) is 0 Å². The number of carbonyl (C=O) groups excluding carboxylic acids is 2. The molecule has 2 N–H and O–H groups in total. The fourth-order valence-electron chi connectivity index (χ4n) is 2.70. The Kier molecular flexibility index (Phi) is 4.92. The molecule has 1 aromatic heterocycles. The molecule has 0 spiro atoms. The van der Waals surface area contributed by atoms with Crippen molar-refractivity contribution in [3.05, 3.63) is 45.8 Å². The summed E-state index contributed by atoms with van der Waals surface area (Å²) >= 11 is 2.82. The van der Waals surface area contributed by atoms with Crippen LogP contribution in [0.4, 0.5) is 0 Å². The maximum atomic E-state index is 12.4. The number of carboxylic acids is 1. The van der Waals surface area contributed by atoms with Crippen LogP contribution in [0.3, 0.4) is 0 Å². The number of β-lactam (4-membered cyclic amide) rings is 1. The predicted molar refractivity (Wildman–Crippen MR) is 92.5 cm³/mol. The number of carbonyl (C=O) groups is 3. The van der Waals surface area contributed by atoms with E-state index in [1.165, 1.54) is 40.2 Å². The number of fused-ring (bicyclic) bond motifs is 1. The first kappa shape index (κ1) is 17.3. The molecule has 1 fully saturated rings. The van der Waals surface area contributed by atoms with Crippen molar-refractivity contribution in [2.45, 2.75) is 17.8 Å². The van der Waals surface area contributed by atoms with Crippen molar-refractivity contribution in [2.75, 3.05) is 5.75 Å². The Morgan fingerprint density at radius 3 is 2.96 bits per heavy atom. The Bertz CT molecular complexity index is 823. The molecule has 1 aromatic rings. The largest absolute Gasteiger partial charge is 0.477 e. The van der Waals surface area contributed by atoms with Crippen molar-refractivity contribution in [1.29, 1.82) is 5.26 Å². The lowest BCUT2D eigenvalue weighted by atomic mass is 10.0. The molecule has 2 aliphatic heterocycles. The van der Waals surface area contributed by atoms with E-state index in [0.29, 0.717) is 11.3 Å². The van der Waals surface area contributed by atoms with E-state index in [1.54, 1.807) is 0 Å². The highest BCUT2D eigenvalue weighted by atomic mass is 32.2. The lowest BCUT2D eigenvalue weighted by Gasteiger charge is -2.49. The summed E-state index contributed by atoms with van der Waals surface area (Å²) in [4.78, 5) is 38.1. The second-order valence-electron chi connectivity index (χ2n) is 5.35. The molecule has 0 radical (unpaired) electrons. The number of thiophene rings is 1. The number of rotatable bonds is 5. The van der Waals surface area contributed by atoms with E-state index in [4.69, 9.17) is 5.26 Å². The van der Waals surface area contributed by atoms with Gasteiger partial charge in [-0.3, -0.25) is 14.5 Å². The zero-order chi connectivity index (χ0) is 18.0. The van der Waals surface area contributed by atoms with E-state index in [0.717, 1.165) is 4.88 Å². The van der Waals surface area contributed by atoms with Gasteiger partial charge in [0.2, 0.25) is 5.91 Å². The molecular formula is C16H13N3O4S2. The summed E-state index contributed by atoms with van der Waals surface area (Å²) in [5, 5.41) is 22.2. The Morgan fingerprint density at radius 2 is 2.32 bits per heavy atom. The number of nitrogens with one attached hydrogen (secondary N) is 1. The zero-order valence-corrected chi connectivity index (χ0v) is 14.5. The van der Waals surface area contributed by atoms with Crippen molar-refractivity contribution in [3.8, 4) is 6.07 Å². The molecule has 9 heteroatoms. The molecule has 0 unspecified atom stereocenters. The molecule has 3 rings (SSSR count). The number of amides is 2. The fraction of sp³-hybridized carbons (Fsp3) is 0.250. The summed E-state index contributed by atoms with van der Waals surface area (Å²) < 4.78 is 0. The van der Waals surface area contributed by atoms with E-state index in [-0.39, 0.29) is 18.0 Å². The van der Waals surface area contributed by atoms with Gasteiger partial charge in [-0.25, -0.2) is 4.79 Å². The highest BCUT2D eigenvalue weighted by Crippen LogP contribution is 2.40. The summed E-state index contributed by atoms with van der Waals surface area (Å²) in [6.45, 7) is 0. The van der Waals surface area contributed by atoms with Crippen LogP contribution in [0.1, 0.15) is 4.88 Å². The van der Waals surface area contributed by atoms with Crippen molar-refractivity contribution in [1.82, 2.24) is 10.2 Å². The average molecular weight is 375 g/mol. The minimum absolute atomic E-state index is 0.121. The molecule has 2 atom stereocenters. The first-order valence-corrected chi connectivity index (χ1v) is 9.24. The van der Waals surface area contributed by atoms with E-state index in [2.05, 4.69) is 5.32 Å². The summed E-state index contributed by atoms with van der Waals surface area (Å²) in [7, 11) is 0. The monoisotopic (exact) mass is 375 g/mol. The highest BCUT2D eigenvalue weighted by Gasteiger charge is 2.53. The maximum Gasteiger partial charge on any atom is 0.352 e. The molecule has 3 heterocycles. The SMILES string of the molecule is N#C/C=C\C1=C(C(=O)O)N2C(=O)[C@@H](NC(=O)Cc3cccs3)[C@H]2SC1. The summed E-state index contributed by atoms with van der Waals surface area (Å²) in [5.41, 5.74) is 0.288. The van der Waals surface area contributed by atoms with Crippen LogP contribution < -0.4 is 5.32 Å². The molecule has 2 amide bonds. The topological polar surface area (TPSA) is 110 Å². The van der Waals surface area contributed by atoms with Crippen LogP contribution in [0, 0.1) is 11.3 Å². The Labute approximate surface area is 151 Å². The van der Waals surface area contributed by atoms with Gasteiger partial charge in [0.25, 0.3) is 5.91 Å². The Balaban J connectivity index is 1.73. The number of carboxylic acid groups (broad SMARTS) is 1. The molecule has 25 heavy (non-hydrogen) atoms. The van der Waals surface area contributed by atoms with Gasteiger partial charge in [-0.2, -0.15) is 5.26 Å². The third-order valence-electron chi connectivity index (χ3n) is 3.79. The standard InChI is InChI=1S/C16H13N3O4S2/c17-5-1-3-9-8-25-15-12(14(21)19(15)13(9)16(22)23)18-11(20)7-10-4-2-6-24-10/h1-4,6,12,15H,7-8H2,(H,18,20)(H,22,23)/b3-1-/t12-,15-/m1/s1. The quantitative estimate of drug-likeness (QED) is 0.589. The van der Waals surface area contributed by atoms with Crippen LogP contribution in [-0.2, 0) is 20.8 Å². The molecule has 0 bridgehead atoms. The molecular weight excluding hydrogens is 362 g/mol. The number of nitrogens with zero attached hydrogens (tertiary/aromatic N) is 2. The normalized spacial score (nSPS) is 22.4. The van der Waals surface area contributed by atoms with Crippen LogP contribution in [0.25, 0.3) is 0 Å². The molecule has 128 valence electrons. The summed E-state index contributed by atoms with van der Waals surface area (Å²) in [6, 6.07) is 4.77. The fourth-order valence-corrected chi connectivity index (χ4v) is 4.73. The van der Waals surface area contributed by atoms with Gasteiger partial charge in [0, 0.05) is 16.7 Å². The Morgan fingerprint density at radius 1 is 1.52 bits per heavy atom. The van der Waals surface area contributed by atoms with Crippen LogP contribution in [0.2, 0.25) is 0 Å². The minimum Gasteiger partial charge on any atom is -0.477 e. The molecule has 0 saturated carbocycles. The summed E-state index contributed by atoms with van der Waals surface area (Å²) in [6.07, 6.45) is 2.78. The number of hydrogen-bond acceptors (Lipinski definition) is 6. The van der Waals surface area contributed by atoms with Crippen LogP contribution in [0.15, 0.2) is 40.9 Å². The third-order valence-corrected chi connectivity index (χ3v) is 5.97. The first-order valence-electron chi connectivity index (χ1n) is 7.32. The minimum atomic E-state index is -1.22. The van der Waals surface area contributed by atoms with Crippen molar-refractivity contribution < 1.29 is 19.5 Å².